The van der Waals surface area contributed by atoms with E-state index in [4.69, 9.17) is 10.5 Å². The lowest BCUT2D eigenvalue weighted by molar-refractivity contribution is 0.00406. The van der Waals surface area contributed by atoms with Crippen molar-refractivity contribution in [3.8, 4) is 0 Å². The number of nitrogens with zero attached hydrogens (tertiary/aromatic N) is 1. The Morgan fingerprint density at radius 2 is 1.95 bits per heavy atom. The van der Waals surface area contributed by atoms with Crippen molar-refractivity contribution in [3.63, 3.8) is 0 Å². The fourth-order valence-electron chi connectivity index (χ4n) is 2.34. The zero-order valence-electron chi connectivity index (χ0n) is 12.6. The van der Waals surface area contributed by atoms with E-state index in [1.807, 2.05) is 27.7 Å². The molecule has 0 unspecified atom stereocenters. The molecule has 1 amide bonds. The molecule has 5 heteroatoms. The number of amides is 1. The van der Waals surface area contributed by atoms with Crippen molar-refractivity contribution in [1.82, 2.24) is 4.90 Å². The van der Waals surface area contributed by atoms with Gasteiger partial charge in [-0.05, 0) is 46.0 Å². The van der Waals surface area contributed by atoms with Crippen LogP contribution in [0.4, 0.5) is 4.79 Å². The topological polar surface area (TPSA) is 75.8 Å². The fourth-order valence-corrected chi connectivity index (χ4v) is 2.34. The van der Waals surface area contributed by atoms with Gasteiger partial charge in [-0.2, -0.15) is 0 Å². The van der Waals surface area contributed by atoms with Crippen LogP contribution < -0.4 is 5.73 Å². The Morgan fingerprint density at radius 3 is 2.37 bits per heavy atom. The molecule has 1 saturated heterocycles. The standard InChI is InChI=1S/C14H28N2O3/c1-5-11(15)12(17)10-6-8-16(9-7-10)13(18)19-14(2,3)4/h10-12,17H,5-9,15H2,1-4H3/t11-,12-/m0/s1. The molecule has 0 spiro atoms. The molecule has 0 bridgehead atoms. The second kappa shape index (κ2) is 6.57. The summed E-state index contributed by atoms with van der Waals surface area (Å²) in [5.41, 5.74) is 5.41. The molecule has 3 N–H and O–H groups in total. The van der Waals surface area contributed by atoms with Crippen LogP contribution in [0, 0.1) is 5.92 Å². The molecule has 19 heavy (non-hydrogen) atoms. The van der Waals surface area contributed by atoms with Crippen molar-refractivity contribution >= 4 is 6.09 Å². The number of carbonyl (C=O) groups is 1. The second-order valence-electron chi connectivity index (χ2n) is 6.37. The zero-order chi connectivity index (χ0) is 14.6. The van der Waals surface area contributed by atoms with Gasteiger partial charge in [0.25, 0.3) is 0 Å². The van der Waals surface area contributed by atoms with Gasteiger partial charge in [0, 0.05) is 19.1 Å². The van der Waals surface area contributed by atoms with Crippen molar-refractivity contribution in [1.29, 1.82) is 0 Å². The number of hydrogen-bond donors (Lipinski definition) is 2. The number of aliphatic hydroxyl groups excluding tert-OH is 1. The second-order valence-corrected chi connectivity index (χ2v) is 6.37. The summed E-state index contributed by atoms with van der Waals surface area (Å²) in [7, 11) is 0. The van der Waals surface area contributed by atoms with Crippen LogP contribution in [-0.4, -0.2) is 46.9 Å². The molecular weight excluding hydrogens is 244 g/mol. The van der Waals surface area contributed by atoms with Crippen molar-refractivity contribution < 1.29 is 14.6 Å². The highest BCUT2D eigenvalue weighted by Gasteiger charge is 2.31. The Morgan fingerprint density at radius 1 is 1.42 bits per heavy atom. The molecule has 0 aromatic carbocycles. The minimum Gasteiger partial charge on any atom is -0.444 e. The Kier molecular flexibility index (Phi) is 5.62. The quantitative estimate of drug-likeness (QED) is 0.820. The van der Waals surface area contributed by atoms with E-state index >= 15 is 0 Å². The van der Waals surface area contributed by atoms with E-state index in [9.17, 15) is 9.90 Å². The van der Waals surface area contributed by atoms with E-state index in [0.717, 1.165) is 19.3 Å². The maximum Gasteiger partial charge on any atom is 0.410 e. The molecule has 1 heterocycles. The number of ether oxygens (including phenoxy) is 1. The van der Waals surface area contributed by atoms with Gasteiger partial charge in [0.05, 0.1) is 6.10 Å². The van der Waals surface area contributed by atoms with Gasteiger partial charge in [0.2, 0.25) is 0 Å². The number of carbonyl (C=O) groups excluding carboxylic acids is 1. The molecule has 2 atom stereocenters. The summed E-state index contributed by atoms with van der Waals surface area (Å²) in [4.78, 5) is 13.6. The van der Waals surface area contributed by atoms with Crippen LogP contribution >= 0.6 is 0 Å². The van der Waals surface area contributed by atoms with E-state index < -0.39 is 11.7 Å². The largest absolute Gasteiger partial charge is 0.444 e. The highest BCUT2D eigenvalue weighted by Crippen LogP contribution is 2.24. The average molecular weight is 272 g/mol. The van der Waals surface area contributed by atoms with Gasteiger partial charge in [-0.1, -0.05) is 6.92 Å². The predicted octanol–water partition coefficient (Wildman–Crippen LogP) is 1.73. The highest BCUT2D eigenvalue weighted by atomic mass is 16.6. The Bertz CT molecular complexity index is 294. The minimum absolute atomic E-state index is 0.168. The normalized spacial score (nSPS) is 21.1. The van der Waals surface area contributed by atoms with Crippen molar-refractivity contribution in [2.24, 2.45) is 11.7 Å². The average Bonchev–Trinajstić information content (AvgIpc) is 2.35. The Hall–Kier alpha value is -0.810. The summed E-state index contributed by atoms with van der Waals surface area (Å²) in [5, 5.41) is 10.1. The molecule has 5 nitrogen and oxygen atoms in total. The summed E-state index contributed by atoms with van der Waals surface area (Å²) >= 11 is 0. The molecular formula is C14H28N2O3. The molecule has 0 aliphatic carbocycles. The van der Waals surface area contributed by atoms with Gasteiger partial charge >= 0.3 is 6.09 Å². The van der Waals surface area contributed by atoms with Crippen molar-refractivity contribution in [2.45, 2.75) is 64.7 Å². The minimum atomic E-state index is -0.467. The van der Waals surface area contributed by atoms with Crippen LogP contribution in [-0.2, 0) is 4.74 Å². The van der Waals surface area contributed by atoms with E-state index in [-0.39, 0.29) is 18.1 Å². The maximum absolute atomic E-state index is 11.9. The number of likely N-dealkylation sites (tertiary alicyclic amines) is 1. The lowest BCUT2D eigenvalue weighted by atomic mass is 9.87. The third kappa shape index (κ3) is 4.99. The van der Waals surface area contributed by atoms with Crippen LogP contribution in [0.2, 0.25) is 0 Å². The molecule has 1 rings (SSSR count). The smallest absolute Gasteiger partial charge is 0.410 e. The van der Waals surface area contributed by atoms with Gasteiger partial charge < -0.3 is 20.5 Å². The van der Waals surface area contributed by atoms with E-state index in [1.165, 1.54) is 0 Å². The monoisotopic (exact) mass is 272 g/mol. The van der Waals surface area contributed by atoms with E-state index in [2.05, 4.69) is 0 Å². The Balaban J connectivity index is 2.42. The van der Waals surface area contributed by atoms with Gasteiger partial charge in [-0.3, -0.25) is 0 Å². The van der Waals surface area contributed by atoms with Gasteiger partial charge in [-0.25, -0.2) is 4.79 Å². The van der Waals surface area contributed by atoms with Gasteiger partial charge in [-0.15, -0.1) is 0 Å². The summed E-state index contributed by atoms with van der Waals surface area (Å²) in [5.74, 6) is 0.189. The first-order chi connectivity index (χ1) is 8.74. The SMILES string of the molecule is CC[C@H](N)[C@@H](O)C1CCN(C(=O)OC(C)(C)C)CC1. The van der Waals surface area contributed by atoms with Crippen LogP contribution in [0.3, 0.4) is 0 Å². The summed E-state index contributed by atoms with van der Waals surface area (Å²) in [6.45, 7) is 8.83. The van der Waals surface area contributed by atoms with Crippen LogP contribution in [0.25, 0.3) is 0 Å². The number of nitrogens with two attached hydrogens (primary N) is 1. The molecule has 1 fully saturated rings. The summed E-state index contributed by atoms with van der Waals surface area (Å²) in [6.07, 6.45) is 1.61. The summed E-state index contributed by atoms with van der Waals surface area (Å²) < 4.78 is 5.34. The molecule has 0 radical (unpaired) electrons. The third-order valence-electron chi connectivity index (χ3n) is 3.58. The lowest BCUT2D eigenvalue weighted by Crippen LogP contribution is -2.47. The number of piperidine rings is 1. The number of rotatable bonds is 3. The van der Waals surface area contributed by atoms with Crippen molar-refractivity contribution in [2.75, 3.05) is 13.1 Å². The summed E-state index contributed by atoms with van der Waals surface area (Å²) in [6, 6.07) is -0.168. The van der Waals surface area contributed by atoms with Crippen LogP contribution in [0.1, 0.15) is 47.0 Å². The molecule has 0 aromatic heterocycles. The Labute approximate surface area is 116 Å². The van der Waals surface area contributed by atoms with Crippen LogP contribution in [0.15, 0.2) is 0 Å². The van der Waals surface area contributed by atoms with E-state index in [1.54, 1.807) is 4.90 Å². The first kappa shape index (κ1) is 16.2. The molecule has 0 saturated carbocycles. The van der Waals surface area contributed by atoms with Crippen LogP contribution in [0.5, 0.6) is 0 Å². The fraction of sp³-hybridized carbons (Fsp3) is 0.929. The molecule has 1 aliphatic rings. The third-order valence-corrected chi connectivity index (χ3v) is 3.58. The molecule has 112 valence electrons. The van der Waals surface area contributed by atoms with Crippen molar-refractivity contribution in [3.05, 3.63) is 0 Å². The lowest BCUT2D eigenvalue weighted by Gasteiger charge is -2.36. The first-order valence-electron chi connectivity index (χ1n) is 7.16. The van der Waals surface area contributed by atoms with Gasteiger partial charge in [0.15, 0.2) is 0 Å². The first-order valence-corrected chi connectivity index (χ1v) is 7.16. The van der Waals surface area contributed by atoms with E-state index in [0.29, 0.717) is 13.1 Å². The highest BCUT2D eigenvalue weighted by molar-refractivity contribution is 5.68. The number of hydrogen-bond acceptors (Lipinski definition) is 4. The van der Waals surface area contributed by atoms with Gasteiger partial charge in [0.1, 0.15) is 5.60 Å². The predicted molar refractivity (Wildman–Crippen MR) is 74.8 cm³/mol. The molecule has 1 aliphatic heterocycles. The number of aliphatic hydroxyl groups is 1. The zero-order valence-corrected chi connectivity index (χ0v) is 12.6. The maximum atomic E-state index is 11.9. The molecule has 0 aromatic rings.